The summed E-state index contributed by atoms with van der Waals surface area (Å²) in [4.78, 5) is 21.9. The number of likely N-dealkylation sites (N-methyl/N-ethyl adjacent to an activating group) is 1. The standard InChI is InChI=1S/C23H29FN6O2/c1-4-28-9-11-29(12-10-28)23(31)19-13-30-21(16(19)2)22(25-15-26-30)27-20(14-32-3)17-5-7-18(24)8-6-17/h5-8,13,15,20H,4,9-12,14H2,1-3H3,(H,25,26,27)/t20-/m1/s1. The molecule has 170 valence electrons. The van der Waals surface area contributed by atoms with Gasteiger partial charge in [-0.05, 0) is 36.7 Å². The van der Waals surface area contributed by atoms with Gasteiger partial charge in [0, 0.05) is 39.5 Å². The molecule has 0 radical (unpaired) electrons. The van der Waals surface area contributed by atoms with Gasteiger partial charge in [-0.3, -0.25) is 4.79 Å². The molecule has 1 saturated heterocycles. The lowest BCUT2D eigenvalue weighted by Gasteiger charge is -2.34. The smallest absolute Gasteiger partial charge is 0.255 e. The molecular weight excluding hydrogens is 411 g/mol. The van der Waals surface area contributed by atoms with Gasteiger partial charge in [0.2, 0.25) is 0 Å². The maximum atomic E-state index is 13.4. The van der Waals surface area contributed by atoms with E-state index in [1.165, 1.54) is 18.5 Å². The molecule has 3 heterocycles. The van der Waals surface area contributed by atoms with Crippen LogP contribution < -0.4 is 5.32 Å². The van der Waals surface area contributed by atoms with E-state index in [9.17, 15) is 9.18 Å². The van der Waals surface area contributed by atoms with E-state index in [2.05, 4.69) is 27.2 Å². The van der Waals surface area contributed by atoms with Gasteiger partial charge in [0.05, 0.1) is 18.2 Å². The number of hydrogen-bond donors (Lipinski definition) is 1. The molecule has 1 aliphatic heterocycles. The van der Waals surface area contributed by atoms with Gasteiger partial charge < -0.3 is 19.9 Å². The Balaban J connectivity index is 1.63. The molecule has 32 heavy (non-hydrogen) atoms. The Morgan fingerprint density at radius 1 is 1.22 bits per heavy atom. The first kappa shape index (κ1) is 22.2. The molecule has 8 nitrogen and oxygen atoms in total. The minimum absolute atomic E-state index is 0.0154. The number of fused-ring (bicyclic) bond motifs is 1. The van der Waals surface area contributed by atoms with Crippen molar-refractivity contribution in [3.63, 3.8) is 0 Å². The SMILES string of the molecule is CCN1CCN(C(=O)c2cn3ncnc(N[C@H](COC)c4ccc(F)cc4)c3c2C)CC1. The molecular formula is C23H29FN6O2. The number of benzene rings is 1. The van der Waals surface area contributed by atoms with Crippen molar-refractivity contribution in [3.05, 3.63) is 59.3 Å². The fraction of sp³-hybridized carbons (Fsp3) is 0.435. The summed E-state index contributed by atoms with van der Waals surface area (Å²) in [6.07, 6.45) is 3.23. The summed E-state index contributed by atoms with van der Waals surface area (Å²) < 4.78 is 20.4. The third-order valence-corrected chi connectivity index (χ3v) is 6.08. The molecule has 1 fully saturated rings. The van der Waals surface area contributed by atoms with Crippen molar-refractivity contribution in [1.82, 2.24) is 24.4 Å². The second-order valence-corrected chi connectivity index (χ2v) is 8.00. The monoisotopic (exact) mass is 440 g/mol. The number of anilines is 1. The van der Waals surface area contributed by atoms with Crippen molar-refractivity contribution < 1.29 is 13.9 Å². The number of ether oxygens (including phenoxy) is 1. The summed E-state index contributed by atoms with van der Waals surface area (Å²) in [5, 5.41) is 7.71. The highest BCUT2D eigenvalue weighted by atomic mass is 19.1. The van der Waals surface area contributed by atoms with Crippen LogP contribution >= 0.6 is 0 Å². The van der Waals surface area contributed by atoms with Crippen LogP contribution in [0.1, 0.15) is 34.5 Å². The summed E-state index contributed by atoms with van der Waals surface area (Å²) in [5.41, 5.74) is 3.07. The minimum Gasteiger partial charge on any atom is -0.382 e. The first-order chi connectivity index (χ1) is 15.5. The summed E-state index contributed by atoms with van der Waals surface area (Å²) in [5.74, 6) is 0.320. The van der Waals surface area contributed by atoms with Gasteiger partial charge in [-0.25, -0.2) is 13.9 Å². The number of amides is 1. The molecule has 0 spiro atoms. The number of piperazine rings is 1. The Bertz CT molecular complexity index is 1080. The summed E-state index contributed by atoms with van der Waals surface area (Å²) in [6.45, 7) is 8.63. The van der Waals surface area contributed by atoms with Crippen molar-refractivity contribution in [2.45, 2.75) is 19.9 Å². The highest BCUT2D eigenvalue weighted by Crippen LogP contribution is 2.27. The zero-order valence-electron chi connectivity index (χ0n) is 18.7. The predicted octanol–water partition coefficient (Wildman–Crippen LogP) is 2.75. The van der Waals surface area contributed by atoms with Crippen LogP contribution in [0.3, 0.4) is 0 Å². The number of methoxy groups -OCH3 is 1. The highest BCUT2D eigenvalue weighted by molar-refractivity contribution is 5.99. The Kier molecular flexibility index (Phi) is 6.66. The van der Waals surface area contributed by atoms with Crippen LogP contribution in [0, 0.1) is 12.7 Å². The molecule has 3 aromatic rings. The van der Waals surface area contributed by atoms with Crippen LogP contribution in [0.15, 0.2) is 36.8 Å². The number of nitrogens with one attached hydrogen (secondary N) is 1. The highest BCUT2D eigenvalue weighted by Gasteiger charge is 2.26. The van der Waals surface area contributed by atoms with Gasteiger partial charge in [0.15, 0.2) is 5.82 Å². The second-order valence-electron chi connectivity index (χ2n) is 8.00. The van der Waals surface area contributed by atoms with E-state index >= 15 is 0 Å². The lowest BCUT2D eigenvalue weighted by Crippen LogP contribution is -2.48. The molecule has 1 aliphatic rings. The number of aromatic nitrogens is 3. The molecule has 0 aliphatic carbocycles. The third kappa shape index (κ3) is 4.44. The van der Waals surface area contributed by atoms with Crippen molar-refractivity contribution in [2.75, 3.05) is 51.8 Å². The number of aryl methyl sites for hydroxylation is 1. The average Bonchev–Trinajstić information content (AvgIpc) is 3.16. The fourth-order valence-electron chi connectivity index (χ4n) is 4.17. The molecule has 0 bridgehead atoms. The maximum Gasteiger partial charge on any atom is 0.255 e. The largest absolute Gasteiger partial charge is 0.382 e. The van der Waals surface area contributed by atoms with Gasteiger partial charge in [-0.1, -0.05) is 19.1 Å². The fourth-order valence-corrected chi connectivity index (χ4v) is 4.17. The number of carbonyl (C=O) groups excluding carboxylic acids is 1. The number of carbonyl (C=O) groups is 1. The van der Waals surface area contributed by atoms with E-state index in [0.717, 1.165) is 49.4 Å². The molecule has 1 aromatic carbocycles. The molecule has 0 unspecified atom stereocenters. The lowest BCUT2D eigenvalue weighted by atomic mass is 10.1. The summed E-state index contributed by atoms with van der Waals surface area (Å²) >= 11 is 0. The van der Waals surface area contributed by atoms with E-state index in [-0.39, 0.29) is 17.8 Å². The molecule has 1 amide bonds. The first-order valence-electron chi connectivity index (χ1n) is 10.9. The Hall–Kier alpha value is -3.04. The van der Waals surface area contributed by atoms with Gasteiger partial charge >= 0.3 is 0 Å². The number of nitrogens with zero attached hydrogens (tertiary/aromatic N) is 5. The molecule has 1 N–H and O–H groups in total. The van der Waals surface area contributed by atoms with Gasteiger partial charge in [0.25, 0.3) is 5.91 Å². The Morgan fingerprint density at radius 3 is 2.59 bits per heavy atom. The number of rotatable bonds is 7. The van der Waals surface area contributed by atoms with Crippen LogP contribution in [0.4, 0.5) is 10.2 Å². The van der Waals surface area contributed by atoms with Crippen molar-refractivity contribution in [3.8, 4) is 0 Å². The second kappa shape index (κ2) is 9.62. The van der Waals surface area contributed by atoms with Crippen LogP contribution in [-0.2, 0) is 4.74 Å². The Morgan fingerprint density at radius 2 is 1.94 bits per heavy atom. The summed E-state index contributed by atoms with van der Waals surface area (Å²) in [6, 6.07) is 6.05. The average molecular weight is 441 g/mol. The summed E-state index contributed by atoms with van der Waals surface area (Å²) in [7, 11) is 1.62. The van der Waals surface area contributed by atoms with Gasteiger partial charge in [-0.15, -0.1) is 0 Å². The van der Waals surface area contributed by atoms with Gasteiger partial charge in [0.1, 0.15) is 17.7 Å². The topological polar surface area (TPSA) is 75.0 Å². The quantitative estimate of drug-likeness (QED) is 0.609. The number of halogens is 1. The van der Waals surface area contributed by atoms with Crippen molar-refractivity contribution >= 4 is 17.2 Å². The van der Waals surface area contributed by atoms with Crippen molar-refractivity contribution in [1.29, 1.82) is 0 Å². The van der Waals surface area contributed by atoms with E-state index in [1.54, 1.807) is 30.0 Å². The minimum atomic E-state index is -0.292. The van der Waals surface area contributed by atoms with E-state index in [0.29, 0.717) is 18.0 Å². The van der Waals surface area contributed by atoms with Gasteiger partial charge in [-0.2, -0.15) is 5.10 Å². The molecule has 1 atom stereocenters. The van der Waals surface area contributed by atoms with E-state index in [1.807, 2.05) is 11.8 Å². The van der Waals surface area contributed by atoms with E-state index in [4.69, 9.17) is 4.74 Å². The zero-order valence-corrected chi connectivity index (χ0v) is 18.7. The maximum absolute atomic E-state index is 13.4. The predicted molar refractivity (Wildman–Crippen MR) is 120 cm³/mol. The number of hydrogen-bond acceptors (Lipinski definition) is 6. The van der Waals surface area contributed by atoms with Crippen molar-refractivity contribution in [2.24, 2.45) is 0 Å². The zero-order chi connectivity index (χ0) is 22.7. The molecule has 2 aromatic heterocycles. The Labute approximate surface area is 187 Å². The normalized spacial score (nSPS) is 15.8. The molecule has 9 heteroatoms. The molecule has 4 rings (SSSR count). The molecule has 0 saturated carbocycles. The lowest BCUT2D eigenvalue weighted by molar-refractivity contribution is 0.0643. The van der Waals surface area contributed by atoms with Crippen LogP contribution in [-0.4, -0.2) is 76.7 Å². The third-order valence-electron chi connectivity index (χ3n) is 6.08. The van der Waals surface area contributed by atoms with Crippen LogP contribution in [0.2, 0.25) is 0 Å². The van der Waals surface area contributed by atoms with Crippen LogP contribution in [0.5, 0.6) is 0 Å². The first-order valence-corrected chi connectivity index (χ1v) is 10.9. The van der Waals surface area contributed by atoms with Crippen LogP contribution in [0.25, 0.3) is 5.52 Å². The van der Waals surface area contributed by atoms with E-state index < -0.39 is 0 Å².